The fraction of sp³-hybridized carbons (Fsp3) is 0.211. The van der Waals surface area contributed by atoms with Crippen LogP contribution in [0.4, 0.5) is 13.2 Å². The molecular formula is C19H15ClF3N3OS. The molecule has 0 aliphatic carbocycles. The van der Waals surface area contributed by atoms with E-state index in [4.69, 9.17) is 17.3 Å². The van der Waals surface area contributed by atoms with E-state index < -0.39 is 17.8 Å². The predicted octanol–water partition coefficient (Wildman–Crippen LogP) is 4.73. The zero-order valence-corrected chi connectivity index (χ0v) is 16.2. The fourth-order valence-electron chi connectivity index (χ4n) is 2.84. The molecule has 1 atom stereocenters. The molecule has 1 aliphatic rings. The summed E-state index contributed by atoms with van der Waals surface area (Å²) in [6.07, 6.45) is -0.234. The number of allylic oxidation sites excluding steroid dienone is 1. The molecule has 0 bridgehead atoms. The molecule has 0 spiro atoms. The Balaban J connectivity index is 1.94. The minimum absolute atomic E-state index is 0.0443. The van der Waals surface area contributed by atoms with E-state index in [-0.39, 0.29) is 33.5 Å². The number of Topliss-reactive ketones (excluding diaryl/α,β-unsaturated/α-hetero) is 1. The molecule has 9 heteroatoms. The van der Waals surface area contributed by atoms with Crippen molar-refractivity contribution in [2.24, 2.45) is 10.7 Å². The summed E-state index contributed by atoms with van der Waals surface area (Å²) < 4.78 is 40.8. The topological polar surface area (TPSA) is 68.3 Å². The lowest BCUT2D eigenvalue weighted by Gasteiger charge is -2.28. The van der Waals surface area contributed by atoms with Gasteiger partial charge < -0.3 is 5.73 Å². The minimum atomic E-state index is -2.75. The van der Waals surface area contributed by atoms with E-state index in [9.17, 15) is 18.0 Å². The number of halogens is 4. The van der Waals surface area contributed by atoms with E-state index in [2.05, 4.69) is 9.98 Å². The number of pyridine rings is 1. The quantitative estimate of drug-likeness (QED) is 0.703. The number of nitrogens with zero attached hydrogens (tertiary/aromatic N) is 2. The number of thioether (sulfide) groups is 1. The molecule has 1 aromatic carbocycles. The first kappa shape index (κ1) is 20.4. The standard InChI is InChI=1S/C19H15ClF3N3OS/c1-19(8-16(17(22)23)28-18(24)26-19)12-6-10(2-4-13(12)21)7-15(27)14-5-3-11(20)9-25-14/h2-6,8-9,17H,7H2,1H3,(H2,24,26)/t19-/m0/s1. The van der Waals surface area contributed by atoms with Crippen molar-refractivity contribution in [1.29, 1.82) is 0 Å². The number of aliphatic imine (C=N–C) groups is 1. The van der Waals surface area contributed by atoms with Crippen LogP contribution in [0.3, 0.4) is 0 Å². The van der Waals surface area contributed by atoms with Gasteiger partial charge in [0.25, 0.3) is 6.43 Å². The number of benzene rings is 1. The van der Waals surface area contributed by atoms with Gasteiger partial charge in [0, 0.05) is 18.2 Å². The van der Waals surface area contributed by atoms with Crippen molar-refractivity contribution in [3.63, 3.8) is 0 Å². The van der Waals surface area contributed by atoms with E-state index in [1.807, 2.05) is 0 Å². The SMILES string of the molecule is C[C@@]1(c2cc(CC(=O)c3ccc(Cl)cn3)ccc2F)C=C(C(F)F)SC(N)=N1. The second-order valence-electron chi connectivity index (χ2n) is 6.32. The number of aromatic nitrogens is 1. The summed E-state index contributed by atoms with van der Waals surface area (Å²) in [5.41, 5.74) is 5.05. The van der Waals surface area contributed by atoms with E-state index in [0.29, 0.717) is 22.3 Å². The molecule has 1 aromatic heterocycles. The van der Waals surface area contributed by atoms with E-state index in [1.165, 1.54) is 43.5 Å². The van der Waals surface area contributed by atoms with Gasteiger partial charge in [-0.25, -0.2) is 18.2 Å². The summed E-state index contributed by atoms with van der Waals surface area (Å²) in [6, 6.07) is 7.12. The predicted molar refractivity (Wildman–Crippen MR) is 104 cm³/mol. The molecule has 28 heavy (non-hydrogen) atoms. The average Bonchev–Trinajstić information content (AvgIpc) is 2.63. The van der Waals surface area contributed by atoms with Gasteiger partial charge in [-0.1, -0.05) is 29.4 Å². The third kappa shape index (κ3) is 4.39. The first-order chi connectivity index (χ1) is 13.2. The highest BCUT2D eigenvalue weighted by Crippen LogP contribution is 2.39. The number of alkyl halides is 2. The second-order valence-corrected chi connectivity index (χ2v) is 7.85. The Morgan fingerprint density at radius 3 is 2.71 bits per heavy atom. The van der Waals surface area contributed by atoms with Crippen LogP contribution >= 0.6 is 23.4 Å². The Morgan fingerprint density at radius 1 is 1.32 bits per heavy atom. The van der Waals surface area contributed by atoms with Crippen LogP contribution in [0.25, 0.3) is 0 Å². The van der Waals surface area contributed by atoms with Crippen molar-refractivity contribution in [3.05, 3.63) is 75.2 Å². The Bertz CT molecular complexity index is 979. The van der Waals surface area contributed by atoms with Gasteiger partial charge >= 0.3 is 0 Å². The molecule has 0 saturated carbocycles. The van der Waals surface area contributed by atoms with Crippen molar-refractivity contribution < 1.29 is 18.0 Å². The summed E-state index contributed by atoms with van der Waals surface area (Å²) in [5, 5.41) is 0.326. The number of carbonyl (C=O) groups excluding carboxylic acids is 1. The lowest BCUT2D eigenvalue weighted by molar-refractivity contribution is 0.0988. The molecule has 146 valence electrons. The summed E-state index contributed by atoms with van der Waals surface area (Å²) >= 11 is 6.42. The molecule has 2 aromatic rings. The van der Waals surface area contributed by atoms with Crippen LogP contribution in [0.1, 0.15) is 28.5 Å². The van der Waals surface area contributed by atoms with Crippen LogP contribution in [0.2, 0.25) is 5.02 Å². The van der Waals surface area contributed by atoms with Gasteiger partial charge in [0.2, 0.25) is 0 Å². The van der Waals surface area contributed by atoms with Gasteiger partial charge in [-0.05, 0) is 42.8 Å². The zero-order chi connectivity index (χ0) is 20.5. The number of carbonyl (C=O) groups is 1. The van der Waals surface area contributed by atoms with Crippen molar-refractivity contribution >= 4 is 34.3 Å². The molecule has 0 radical (unpaired) electrons. The number of nitrogens with two attached hydrogens (primary N) is 1. The number of ketones is 1. The summed E-state index contributed by atoms with van der Waals surface area (Å²) in [5.74, 6) is -0.915. The summed E-state index contributed by atoms with van der Waals surface area (Å²) in [6.45, 7) is 1.49. The van der Waals surface area contributed by atoms with Crippen LogP contribution in [-0.4, -0.2) is 22.4 Å². The maximum absolute atomic E-state index is 14.5. The highest BCUT2D eigenvalue weighted by atomic mass is 35.5. The lowest BCUT2D eigenvalue weighted by atomic mass is 9.89. The van der Waals surface area contributed by atoms with Crippen molar-refractivity contribution in [3.8, 4) is 0 Å². The normalized spacial score (nSPS) is 19.4. The first-order valence-corrected chi connectivity index (χ1v) is 9.35. The van der Waals surface area contributed by atoms with Gasteiger partial charge in [0.05, 0.1) is 9.93 Å². The highest BCUT2D eigenvalue weighted by molar-refractivity contribution is 8.17. The summed E-state index contributed by atoms with van der Waals surface area (Å²) in [4.78, 5) is 20.2. The lowest BCUT2D eigenvalue weighted by Crippen LogP contribution is -2.27. The van der Waals surface area contributed by atoms with Crippen molar-refractivity contribution in [1.82, 2.24) is 4.98 Å². The Labute approximate surface area is 168 Å². The third-order valence-corrected chi connectivity index (χ3v) is 5.21. The number of hydrogen-bond acceptors (Lipinski definition) is 5. The zero-order valence-electron chi connectivity index (χ0n) is 14.6. The smallest absolute Gasteiger partial charge is 0.269 e. The molecule has 1 aliphatic heterocycles. The number of hydrogen-bond donors (Lipinski definition) is 1. The summed E-state index contributed by atoms with van der Waals surface area (Å²) in [7, 11) is 0. The van der Waals surface area contributed by atoms with Crippen LogP contribution in [0.5, 0.6) is 0 Å². The number of amidine groups is 1. The van der Waals surface area contributed by atoms with E-state index >= 15 is 0 Å². The molecule has 0 unspecified atom stereocenters. The van der Waals surface area contributed by atoms with E-state index in [1.54, 1.807) is 6.07 Å². The monoisotopic (exact) mass is 425 g/mol. The highest BCUT2D eigenvalue weighted by Gasteiger charge is 2.33. The van der Waals surface area contributed by atoms with Crippen LogP contribution in [0, 0.1) is 5.82 Å². The van der Waals surface area contributed by atoms with Gasteiger partial charge in [-0.3, -0.25) is 9.78 Å². The molecule has 0 amide bonds. The molecule has 2 heterocycles. The van der Waals surface area contributed by atoms with Crippen LogP contribution in [0.15, 0.2) is 52.5 Å². The van der Waals surface area contributed by atoms with Crippen molar-refractivity contribution in [2.75, 3.05) is 0 Å². The second kappa shape index (κ2) is 7.97. The van der Waals surface area contributed by atoms with Crippen molar-refractivity contribution in [2.45, 2.75) is 25.3 Å². The maximum Gasteiger partial charge on any atom is 0.269 e. The number of rotatable bonds is 5. The van der Waals surface area contributed by atoms with Gasteiger partial charge in [0.15, 0.2) is 11.0 Å². The molecule has 4 nitrogen and oxygen atoms in total. The van der Waals surface area contributed by atoms with Gasteiger partial charge in [-0.2, -0.15) is 0 Å². The van der Waals surface area contributed by atoms with Gasteiger partial charge in [-0.15, -0.1) is 0 Å². The van der Waals surface area contributed by atoms with E-state index in [0.717, 1.165) is 0 Å². The maximum atomic E-state index is 14.5. The minimum Gasteiger partial charge on any atom is -0.378 e. The molecule has 2 N–H and O–H groups in total. The average molecular weight is 426 g/mol. The fourth-order valence-corrected chi connectivity index (χ4v) is 3.81. The Kier molecular flexibility index (Phi) is 5.81. The third-order valence-electron chi connectivity index (χ3n) is 4.16. The Morgan fingerprint density at radius 2 is 2.07 bits per heavy atom. The largest absolute Gasteiger partial charge is 0.378 e. The first-order valence-electron chi connectivity index (χ1n) is 8.15. The Hall–Kier alpha value is -2.32. The van der Waals surface area contributed by atoms with Gasteiger partial charge in [0.1, 0.15) is 17.1 Å². The molecular weight excluding hydrogens is 411 g/mol. The van der Waals surface area contributed by atoms with Crippen LogP contribution < -0.4 is 5.73 Å². The van der Waals surface area contributed by atoms with Crippen LogP contribution in [-0.2, 0) is 12.0 Å². The molecule has 0 fully saturated rings. The molecule has 3 rings (SSSR count). The molecule has 0 saturated heterocycles.